The van der Waals surface area contributed by atoms with Crippen LogP contribution in [0.2, 0.25) is 0 Å². The number of hydrogen-bond acceptors (Lipinski definition) is 1. The lowest BCUT2D eigenvalue weighted by atomic mass is 9.94. The van der Waals surface area contributed by atoms with E-state index in [9.17, 15) is 0 Å². The molecule has 0 aromatic heterocycles. The Morgan fingerprint density at radius 3 is 2.16 bits per heavy atom. The zero-order valence-corrected chi connectivity index (χ0v) is 12.2. The molecular formula is C18H23N. The highest BCUT2D eigenvalue weighted by Crippen LogP contribution is 2.27. The van der Waals surface area contributed by atoms with E-state index in [1.165, 1.54) is 28.7 Å². The molecule has 1 heteroatoms. The molecule has 0 unspecified atom stereocenters. The van der Waals surface area contributed by atoms with Crippen molar-refractivity contribution in [2.75, 3.05) is 20.6 Å². The van der Waals surface area contributed by atoms with E-state index < -0.39 is 0 Å². The number of aryl methyl sites for hydroxylation is 2. The fraction of sp³-hybridized carbons (Fsp3) is 0.333. The first-order chi connectivity index (χ1) is 9.18. The molecule has 2 rings (SSSR count). The van der Waals surface area contributed by atoms with Crippen LogP contribution in [0.1, 0.15) is 17.5 Å². The normalized spacial score (nSPS) is 10.9. The van der Waals surface area contributed by atoms with Crippen LogP contribution in [0.25, 0.3) is 11.1 Å². The summed E-state index contributed by atoms with van der Waals surface area (Å²) in [6, 6.07) is 17.4. The predicted molar refractivity (Wildman–Crippen MR) is 83.5 cm³/mol. The van der Waals surface area contributed by atoms with E-state index in [2.05, 4.69) is 74.4 Å². The van der Waals surface area contributed by atoms with Gasteiger partial charge in [0, 0.05) is 0 Å². The van der Waals surface area contributed by atoms with Crippen LogP contribution in [0.15, 0.2) is 48.5 Å². The molecule has 0 atom stereocenters. The topological polar surface area (TPSA) is 3.24 Å². The zero-order chi connectivity index (χ0) is 13.7. The van der Waals surface area contributed by atoms with Crippen LogP contribution in [0.5, 0.6) is 0 Å². The molecule has 0 saturated carbocycles. The molecule has 0 radical (unpaired) electrons. The second kappa shape index (κ2) is 6.53. The highest BCUT2D eigenvalue weighted by atomic mass is 15.0. The number of benzene rings is 2. The molecule has 100 valence electrons. The molecule has 2 aromatic rings. The maximum Gasteiger partial charge on any atom is -0.00217 e. The van der Waals surface area contributed by atoms with Gasteiger partial charge in [0.05, 0.1) is 0 Å². The molecule has 0 spiro atoms. The van der Waals surface area contributed by atoms with Gasteiger partial charge in [-0.25, -0.2) is 0 Å². The van der Waals surface area contributed by atoms with Gasteiger partial charge in [0.2, 0.25) is 0 Å². The first-order valence-corrected chi connectivity index (χ1v) is 6.97. The third-order valence-electron chi connectivity index (χ3n) is 3.50. The lowest BCUT2D eigenvalue weighted by molar-refractivity contribution is 0.400. The summed E-state index contributed by atoms with van der Waals surface area (Å²) in [7, 11) is 4.26. The van der Waals surface area contributed by atoms with Gasteiger partial charge in [0.1, 0.15) is 0 Å². The Labute approximate surface area is 116 Å². The van der Waals surface area contributed by atoms with Gasteiger partial charge in [-0.05, 0) is 62.7 Å². The number of hydrogen-bond donors (Lipinski definition) is 0. The van der Waals surface area contributed by atoms with Crippen molar-refractivity contribution in [1.29, 1.82) is 0 Å². The van der Waals surface area contributed by atoms with Gasteiger partial charge < -0.3 is 4.90 Å². The summed E-state index contributed by atoms with van der Waals surface area (Å²) in [5, 5.41) is 0. The van der Waals surface area contributed by atoms with Gasteiger partial charge in [-0.2, -0.15) is 0 Å². The minimum absolute atomic E-state index is 1.14. The lowest BCUT2D eigenvalue weighted by Gasteiger charge is -2.13. The van der Waals surface area contributed by atoms with Crippen molar-refractivity contribution < 1.29 is 0 Å². The Hall–Kier alpha value is -1.60. The van der Waals surface area contributed by atoms with Gasteiger partial charge in [0.15, 0.2) is 0 Å². The lowest BCUT2D eigenvalue weighted by Crippen LogP contribution is -2.13. The molecule has 0 aliphatic rings. The SMILES string of the molecule is Cc1ccccc1-c1ccccc1CCCN(C)C. The summed E-state index contributed by atoms with van der Waals surface area (Å²) in [6.45, 7) is 3.33. The van der Waals surface area contributed by atoms with Crippen LogP contribution in [-0.4, -0.2) is 25.5 Å². The summed E-state index contributed by atoms with van der Waals surface area (Å²) in [5.74, 6) is 0. The van der Waals surface area contributed by atoms with Crippen LogP contribution in [0.4, 0.5) is 0 Å². The molecule has 2 aromatic carbocycles. The van der Waals surface area contributed by atoms with E-state index in [1.54, 1.807) is 0 Å². The highest BCUT2D eigenvalue weighted by molar-refractivity contribution is 5.70. The van der Waals surface area contributed by atoms with Gasteiger partial charge in [-0.1, -0.05) is 48.5 Å². The maximum absolute atomic E-state index is 2.26. The van der Waals surface area contributed by atoms with Crippen LogP contribution in [-0.2, 0) is 6.42 Å². The molecule has 0 aliphatic carbocycles. The van der Waals surface area contributed by atoms with Gasteiger partial charge in [-0.15, -0.1) is 0 Å². The summed E-state index contributed by atoms with van der Waals surface area (Å²) in [4.78, 5) is 2.25. The van der Waals surface area contributed by atoms with E-state index in [0.29, 0.717) is 0 Å². The molecule has 0 aliphatic heterocycles. The summed E-state index contributed by atoms with van der Waals surface area (Å²) < 4.78 is 0. The molecule has 0 amide bonds. The quantitative estimate of drug-likeness (QED) is 0.773. The van der Waals surface area contributed by atoms with Crippen LogP contribution in [0.3, 0.4) is 0 Å². The second-order valence-electron chi connectivity index (χ2n) is 5.38. The zero-order valence-electron chi connectivity index (χ0n) is 12.2. The standard InChI is InChI=1S/C18H23N/c1-15-9-4-6-12-17(15)18-13-7-5-10-16(18)11-8-14-19(2)3/h4-7,9-10,12-13H,8,11,14H2,1-3H3. The Morgan fingerprint density at radius 2 is 1.47 bits per heavy atom. The summed E-state index contributed by atoms with van der Waals surface area (Å²) >= 11 is 0. The Balaban J connectivity index is 2.24. The van der Waals surface area contributed by atoms with Crippen molar-refractivity contribution in [2.45, 2.75) is 19.8 Å². The molecule has 1 nitrogen and oxygen atoms in total. The van der Waals surface area contributed by atoms with Crippen molar-refractivity contribution in [3.63, 3.8) is 0 Å². The van der Waals surface area contributed by atoms with Crippen molar-refractivity contribution in [3.8, 4) is 11.1 Å². The largest absolute Gasteiger partial charge is 0.309 e. The molecular weight excluding hydrogens is 230 g/mol. The van der Waals surface area contributed by atoms with Gasteiger partial charge >= 0.3 is 0 Å². The van der Waals surface area contributed by atoms with Crippen molar-refractivity contribution in [1.82, 2.24) is 4.90 Å². The van der Waals surface area contributed by atoms with Crippen molar-refractivity contribution in [3.05, 3.63) is 59.7 Å². The van der Waals surface area contributed by atoms with E-state index in [1.807, 2.05) is 0 Å². The van der Waals surface area contributed by atoms with Crippen LogP contribution in [0, 0.1) is 6.92 Å². The van der Waals surface area contributed by atoms with E-state index in [4.69, 9.17) is 0 Å². The van der Waals surface area contributed by atoms with Gasteiger partial charge in [0.25, 0.3) is 0 Å². The molecule has 0 saturated heterocycles. The fourth-order valence-electron chi connectivity index (χ4n) is 2.46. The highest BCUT2D eigenvalue weighted by Gasteiger charge is 2.06. The maximum atomic E-state index is 2.26. The predicted octanol–water partition coefficient (Wildman–Crippen LogP) is 4.16. The monoisotopic (exact) mass is 253 g/mol. The molecule has 0 heterocycles. The van der Waals surface area contributed by atoms with E-state index in [-0.39, 0.29) is 0 Å². The van der Waals surface area contributed by atoms with Crippen molar-refractivity contribution in [2.24, 2.45) is 0 Å². The summed E-state index contributed by atoms with van der Waals surface area (Å²) in [6.07, 6.45) is 2.35. The van der Waals surface area contributed by atoms with Gasteiger partial charge in [-0.3, -0.25) is 0 Å². The Kier molecular flexibility index (Phi) is 4.75. The second-order valence-corrected chi connectivity index (χ2v) is 5.38. The number of nitrogens with zero attached hydrogens (tertiary/aromatic N) is 1. The number of rotatable bonds is 5. The minimum atomic E-state index is 1.14. The van der Waals surface area contributed by atoms with Crippen LogP contribution < -0.4 is 0 Å². The first-order valence-electron chi connectivity index (χ1n) is 6.97. The third-order valence-corrected chi connectivity index (χ3v) is 3.50. The Morgan fingerprint density at radius 1 is 0.842 bits per heavy atom. The minimum Gasteiger partial charge on any atom is -0.309 e. The van der Waals surface area contributed by atoms with Crippen LogP contribution >= 0.6 is 0 Å². The van der Waals surface area contributed by atoms with E-state index in [0.717, 1.165) is 13.0 Å². The fourth-order valence-corrected chi connectivity index (χ4v) is 2.46. The average Bonchev–Trinajstić information content (AvgIpc) is 2.40. The van der Waals surface area contributed by atoms with E-state index >= 15 is 0 Å². The molecule has 0 N–H and O–H groups in total. The average molecular weight is 253 g/mol. The molecule has 19 heavy (non-hydrogen) atoms. The molecule has 0 fully saturated rings. The third kappa shape index (κ3) is 3.68. The van der Waals surface area contributed by atoms with Crippen molar-refractivity contribution >= 4 is 0 Å². The molecule has 0 bridgehead atoms. The smallest absolute Gasteiger partial charge is 0.00217 e. The Bertz CT molecular complexity index is 529. The first kappa shape index (κ1) is 13.8. The summed E-state index contributed by atoms with van der Waals surface area (Å²) in [5.41, 5.74) is 5.56.